The maximum absolute atomic E-state index is 13.2. The van der Waals surface area contributed by atoms with Crippen molar-refractivity contribution in [2.24, 2.45) is 11.8 Å². The van der Waals surface area contributed by atoms with Crippen LogP contribution in [0.2, 0.25) is 0 Å². The van der Waals surface area contributed by atoms with Crippen molar-refractivity contribution in [2.75, 3.05) is 0 Å². The Morgan fingerprint density at radius 1 is 1.42 bits per heavy atom. The van der Waals surface area contributed by atoms with Gasteiger partial charge in [-0.2, -0.15) is 18.3 Å². The number of aliphatic hydroxyl groups is 1. The molecule has 1 unspecified atom stereocenters. The zero-order chi connectivity index (χ0) is 18.9. The summed E-state index contributed by atoms with van der Waals surface area (Å²) < 4.78 is 41.1. The molecule has 0 saturated carbocycles. The van der Waals surface area contributed by atoms with Gasteiger partial charge in [0.05, 0.1) is 23.9 Å². The minimum atomic E-state index is -4.27. The number of alkyl halides is 3. The van der Waals surface area contributed by atoms with Gasteiger partial charge in [0.2, 0.25) is 0 Å². The minimum Gasteiger partial charge on any atom is -0.506 e. The zero-order valence-electron chi connectivity index (χ0n) is 14.3. The van der Waals surface area contributed by atoms with Gasteiger partial charge in [0, 0.05) is 11.1 Å². The Labute approximate surface area is 148 Å². The van der Waals surface area contributed by atoms with Crippen molar-refractivity contribution in [3.63, 3.8) is 0 Å². The molecule has 0 bridgehead atoms. The zero-order valence-corrected chi connectivity index (χ0v) is 14.3. The second kappa shape index (κ2) is 7.13. The van der Waals surface area contributed by atoms with Crippen LogP contribution in [0.25, 0.3) is 11.4 Å². The topological polar surface area (TPSA) is 73.3 Å². The van der Waals surface area contributed by atoms with Crippen LogP contribution < -0.4 is 5.90 Å². The smallest absolute Gasteiger partial charge is 0.392 e. The Bertz CT molecular complexity index is 828. The number of benzene rings is 1. The molecule has 8 heteroatoms. The number of halogens is 3. The highest BCUT2D eigenvalue weighted by Gasteiger charge is 2.43. The average molecular weight is 367 g/mol. The molecule has 1 atom stereocenters. The van der Waals surface area contributed by atoms with E-state index >= 15 is 0 Å². The van der Waals surface area contributed by atoms with Crippen LogP contribution in [0.3, 0.4) is 0 Å². The lowest BCUT2D eigenvalue weighted by Crippen LogP contribution is -2.29. The van der Waals surface area contributed by atoms with E-state index in [1.165, 1.54) is 10.8 Å². The molecule has 1 aliphatic carbocycles. The highest BCUT2D eigenvalue weighted by Crippen LogP contribution is 2.39. The van der Waals surface area contributed by atoms with E-state index in [0.29, 0.717) is 28.2 Å². The number of nitrogens with two attached hydrogens (primary N) is 1. The quantitative estimate of drug-likeness (QED) is 0.636. The molecule has 0 aliphatic heterocycles. The summed E-state index contributed by atoms with van der Waals surface area (Å²) in [6.45, 7) is 1.74. The van der Waals surface area contributed by atoms with Gasteiger partial charge < -0.3 is 5.11 Å². The lowest BCUT2D eigenvalue weighted by Gasteiger charge is -2.24. The van der Waals surface area contributed by atoms with Gasteiger partial charge in [-0.15, -0.1) is 0 Å². The average Bonchev–Trinajstić information content (AvgIpc) is 2.99. The van der Waals surface area contributed by atoms with Gasteiger partial charge in [0.15, 0.2) is 0 Å². The molecule has 0 fully saturated rings. The summed E-state index contributed by atoms with van der Waals surface area (Å²) in [6, 6.07) is 7.14. The van der Waals surface area contributed by atoms with Gasteiger partial charge in [-0.1, -0.05) is 18.2 Å². The molecular weight excluding hydrogens is 347 g/mol. The lowest BCUT2D eigenvalue weighted by molar-refractivity contribution is -0.177. The predicted molar refractivity (Wildman–Crippen MR) is 90.4 cm³/mol. The van der Waals surface area contributed by atoms with Crippen LogP contribution in [0.15, 0.2) is 30.3 Å². The second-order valence-corrected chi connectivity index (χ2v) is 6.28. The van der Waals surface area contributed by atoms with Crippen LogP contribution in [-0.4, -0.2) is 21.1 Å². The van der Waals surface area contributed by atoms with Gasteiger partial charge in [-0.05, 0) is 38.3 Å². The number of hydrogen-bond acceptors (Lipinski definition) is 4. The van der Waals surface area contributed by atoms with Crippen LogP contribution in [0.5, 0.6) is 0 Å². The number of aliphatic hydroxyl groups excluding tert-OH is 1. The van der Waals surface area contributed by atoms with Crippen molar-refractivity contribution in [1.82, 2.24) is 9.78 Å². The number of para-hydroxylation sites is 1. The SMILES string of the molecule is C/C=C(\O)c1c2c(nn1-c1ccccc1CON)CCC(C(F)(F)F)C2. The highest BCUT2D eigenvalue weighted by molar-refractivity contribution is 5.63. The fourth-order valence-electron chi connectivity index (χ4n) is 3.35. The van der Waals surface area contributed by atoms with Crippen LogP contribution in [0.4, 0.5) is 13.2 Å². The van der Waals surface area contributed by atoms with Crippen molar-refractivity contribution < 1.29 is 23.1 Å². The third-order valence-electron chi connectivity index (χ3n) is 4.68. The largest absolute Gasteiger partial charge is 0.506 e. The van der Waals surface area contributed by atoms with Crippen molar-refractivity contribution in [3.05, 3.63) is 52.9 Å². The summed E-state index contributed by atoms with van der Waals surface area (Å²) >= 11 is 0. The summed E-state index contributed by atoms with van der Waals surface area (Å²) in [5.41, 5.74) is 2.64. The van der Waals surface area contributed by atoms with Crippen LogP contribution in [-0.2, 0) is 24.3 Å². The fourth-order valence-corrected chi connectivity index (χ4v) is 3.35. The number of aromatic nitrogens is 2. The summed E-state index contributed by atoms with van der Waals surface area (Å²) in [4.78, 5) is 4.71. The molecule has 5 nitrogen and oxygen atoms in total. The van der Waals surface area contributed by atoms with Crippen LogP contribution in [0, 0.1) is 5.92 Å². The molecule has 140 valence electrons. The van der Waals surface area contributed by atoms with Gasteiger partial charge in [-0.25, -0.2) is 10.6 Å². The highest BCUT2D eigenvalue weighted by atomic mass is 19.4. The number of aryl methyl sites for hydroxylation is 1. The molecule has 1 heterocycles. The molecule has 3 rings (SSSR count). The Morgan fingerprint density at radius 3 is 2.81 bits per heavy atom. The number of hydrogen-bond donors (Lipinski definition) is 2. The maximum Gasteiger partial charge on any atom is 0.392 e. The van der Waals surface area contributed by atoms with E-state index in [0.717, 1.165) is 0 Å². The third kappa shape index (κ3) is 3.34. The Morgan fingerprint density at radius 2 is 2.15 bits per heavy atom. The Hall–Kier alpha value is -2.32. The number of fused-ring (bicyclic) bond motifs is 1. The first-order chi connectivity index (χ1) is 12.4. The lowest BCUT2D eigenvalue weighted by atomic mass is 9.85. The van der Waals surface area contributed by atoms with E-state index in [-0.39, 0.29) is 31.6 Å². The van der Waals surface area contributed by atoms with Crippen LogP contribution in [0.1, 0.15) is 35.9 Å². The predicted octanol–water partition coefficient (Wildman–Crippen LogP) is 3.85. The van der Waals surface area contributed by atoms with E-state index < -0.39 is 12.1 Å². The van der Waals surface area contributed by atoms with Gasteiger partial charge in [-0.3, -0.25) is 4.84 Å². The van der Waals surface area contributed by atoms with Gasteiger partial charge in [0.25, 0.3) is 0 Å². The normalized spacial score (nSPS) is 18.0. The molecule has 0 saturated heterocycles. The summed E-state index contributed by atoms with van der Waals surface area (Å²) in [7, 11) is 0. The van der Waals surface area contributed by atoms with E-state index in [9.17, 15) is 18.3 Å². The molecule has 0 amide bonds. The first-order valence-corrected chi connectivity index (χ1v) is 8.29. The van der Waals surface area contributed by atoms with Crippen LogP contribution >= 0.6 is 0 Å². The number of rotatable bonds is 4. The second-order valence-electron chi connectivity index (χ2n) is 6.28. The molecule has 0 spiro atoms. The van der Waals surface area contributed by atoms with Crippen molar-refractivity contribution >= 4 is 5.76 Å². The third-order valence-corrected chi connectivity index (χ3v) is 4.68. The summed E-state index contributed by atoms with van der Waals surface area (Å²) in [5, 5.41) is 14.9. The molecule has 1 aliphatic rings. The molecule has 2 aromatic rings. The summed E-state index contributed by atoms with van der Waals surface area (Å²) in [6.07, 6.45) is -2.80. The first-order valence-electron chi connectivity index (χ1n) is 8.29. The molecule has 0 radical (unpaired) electrons. The minimum absolute atomic E-state index is 0.00286. The first kappa shape index (κ1) is 18.5. The van der Waals surface area contributed by atoms with E-state index in [1.54, 1.807) is 31.2 Å². The van der Waals surface area contributed by atoms with Gasteiger partial charge in [0.1, 0.15) is 11.5 Å². The number of allylic oxidation sites excluding steroid dienone is 1. The standard InChI is InChI=1S/C18H20F3N3O2/c1-2-16(25)17-13-9-12(18(19,20)21)7-8-14(13)23-24(17)15-6-4-3-5-11(15)10-26-22/h2-6,12,25H,7-10,22H2,1H3/b16-2-. The van der Waals surface area contributed by atoms with E-state index in [2.05, 4.69) is 5.10 Å². The number of nitrogens with zero attached hydrogens (tertiary/aromatic N) is 2. The molecule has 1 aromatic heterocycles. The van der Waals surface area contributed by atoms with Crippen molar-refractivity contribution in [2.45, 2.75) is 39.0 Å². The Kier molecular flexibility index (Phi) is 5.06. The molecule has 3 N–H and O–H groups in total. The van der Waals surface area contributed by atoms with Gasteiger partial charge >= 0.3 is 6.18 Å². The summed E-state index contributed by atoms with van der Waals surface area (Å²) in [5.74, 6) is 3.64. The maximum atomic E-state index is 13.2. The molecular formula is C18H20F3N3O2. The van der Waals surface area contributed by atoms with E-state index in [1.807, 2.05) is 0 Å². The molecule has 1 aromatic carbocycles. The monoisotopic (exact) mass is 367 g/mol. The van der Waals surface area contributed by atoms with Crippen molar-refractivity contribution in [1.29, 1.82) is 0 Å². The van der Waals surface area contributed by atoms with Crippen molar-refractivity contribution in [3.8, 4) is 5.69 Å². The fraction of sp³-hybridized carbons (Fsp3) is 0.389. The molecule has 26 heavy (non-hydrogen) atoms. The van der Waals surface area contributed by atoms with E-state index in [4.69, 9.17) is 10.7 Å². The Balaban J connectivity index is 2.16.